The van der Waals surface area contributed by atoms with Crippen LogP contribution in [-0.4, -0.2) is 30.5 Å². The zero-order valence-corrected chi connectivity index (χ0v) is 13.2. The highest BCUT2D eigenvalue weighted by Crippen LogP contribution is 2.35. The van der Waals surface area contributed by atoms with Gasteiger partial charge in [-0.15, -0.1) is 0 Å². The van der Waals surface area contributed by atoms with Gasteiger partial charge in [-0.2, -0.15) is 5.26 Å². The van der Waals surface area contributed by atoms with Crippen molar-refractivity contribution in [3.05, 3.63) is 29.6 Å². The van der Waals surface area contributed by atoms with Crippen LogP contribution in [0.3, 0.4) is 0 Å². The van der Waals surface area contributed by atoms with Gasteiger partial charge in [0.15, 0.2) is 11.6 Å². The quantitative estimate of drug-likeness (QED) is 0.862. The Hall–Kier alpha value is -2.09. The zero-order chi connectivity index (χ0) is 16.3. The molecule has 5 heteroatoms. The van der Waals surface area contributed by atoms with Crippen LogP contribution in [0, 0.1) is 22.6 Å². The number of halogens is 1. The minimum Gasteiger partial charge on any atom is -0.494 e. The molecule has 1 amide bonds. The van der Waals surface area contributed by atoms with E-state index in [1.54, 1.807) is 11.0 Å². The van der Waals surface area contributed by atoms with E-state index in [2.05, 4.69) is 6.07 Å². The van der Waals surface area contributed by atoms with Crippen molar-refractivity contribution in [2.24, 2.45) is 5.41 Å². The summed E-state index contributed by atoms with van der Waals surface area (Å²) in [7, 11) is 1.40. The molecule has 0 unspecified atom stereocenters. The van der Waals surface area contributed by atoms with Gasteiger partial charge in [0.2, 0.25) is 5.91 Å². The van der Waals surface area contributed by atoms with Gasteiger partial charge in [-0.25, -0.2) is 4.39 Å². The van der Waals surface area contributed by atoms with E-state index in [1.807, 2.05) is 13.8 Å². The molecule has 0 saturated carbocycles. The zero-order valence-electron chi connectivity index (χ0n) is 13.2. The molecule has 1 aliphatic rings. The van der Waals surface area contributed by atoms with Crippen LogP contribution in [0.1, 0.15) is 32.3 Å². The average molecular weight is 304 g/mol. The predicted octanol–water partition coefficient (Wildman–Crippen LogP) is 2.92. The lowest BCUT2D eigenvalue weighted by atomic mass is 9.77. The van der Waals surface area contributed by atoms with E-state index in [4.69, 9.17) is 4.74 Å². The number of hydrogen-bond donors (Lipinski definition) is 0. The molecule has 1 saturated heterocycles. The van der Waals surface area contributed by atoms with Crippen LogP contribution >= 0.6 is 0 Å². The first-order valence-corrected chi connectivity index (χ1v) is 7.40. The lowest BCUT2D eigenvalue weighted by Crippen LogP contribution is -2.52. The molecule has 1 aromatic carbocycles. The van der Waals surface area contributed by atoms with E-state index in [-0.39, 0.29) is 23.5 Å². The molecule has 0 N–H and O–H groups in total. The van der Waals surface area contributed by atoms with Crippen molar-refractivity contribution in [1.82, 2.24) is 4.90 Å². The fourth-order valence-corrected chi connectivity index (χ4v) is 3.00. The maximum atomic E-state index is 13.7. The van der Waals surface area contributed by atoms with Crippen molar-refractivity contribution in [3.8, 4) is 11.8 Å². The summed E-state index contributed by atoms with van der Waals surface area (Å²) in [5, 5.41) is 9.40. The first kappa shape index (κ1) is 16.3. The Labute approximate surface area is 130 Å². The van der Waals surface area contributed by atoms with Crippen molar-refractivity contribution in [1.29, 1.82) is 5.26 Å². The molecular weight excluding hydrogens is 283 g/mol. The number of hydrogen-bond acceptors (Lipinski definition) is 3. The molecule has 4 nitrogen and oxygen atoms in total. The molecule has 1 aromatic rings. The van der Waals surface area contributed by atoms with E-state index in [9.17, 15) is 14.4 Å². The van der Waals surface area contributed by atoms with Crippen molar-refractivity contribution in [2.75, 3.05) is 13.7 Å². The van der Waals surface area contributed by atoms with E-state index in [1.165, 1.54) is 19.2 Å². The van der Waals surface area contributed by atoms with Crippen molar-refractivity contribution in [3.63, 3.8) is 0 Å². The summed E-state index contributed by atoms with van der Waals surface area (Å²) in [5.74, 6) is -0.460. The number of ether oxygens (including phenoxy) is 1. The molecule has 1 fully saturated rings. The Morgan fingerprint density at radius 3 is 2.86 bits per heavy atom. The van der Waals surface area contributed by atoms with E-state index in [0.717, 1.165) is 12.8 Å². The number of nitrogens with zero attached hydrogens (tertiary/aromatic N) is 2. The molecule has 0 spiro atoms. The van der Waals surface area contributed by atoms with Gasteiger partial charge in [-0.05, 0) is 36.0 Å². The average Bonchev–Trinajstić information content (AvgIpc) is 2.46. The molecule has 0 bridgehead atoms. The number of likely N-dealkylation sites (tertiary alicyclic amines) is 1. The summed E-state index contributed by atoms with van der Waals surface area (Å²) in [6.07, 6.45) is 1.90. The molecule has 0 aliphatic carbocycles. The summed E-state index contributed by atoms with van der Waals surface area (Å²) < 4.78 is 18.6. The highest BCUT2D eigenvalue weighted by molar-refractivity contribution is 5.79. The molecule has 2 rings (SSSR count). The first-order chi connectivity index (χ1) is 10.4. The minimum absolute atomic E-state index is 0.0924. The number of carbonyl (C=O) groups is 1. The Balaban J connectivity index is 2.14. The number of amides is 1. The molecule has 22 heavy (non-hydrogen) atoms. The number of rotatable bonds is 3. The molecule has 118 valence electrons. The summed E-state index contributed by atoms with van der Waals surface area (Å²) in [5.41, 5.74) is 0.372. The van der Waals surface area contributed by atoms with Crippen LogP contribution in [0.15, 0.2) is 18.2 Å². The van der Waals surface area contributed by atoms with Gasteiger partial charge < -0.3 is 9.64 Å². The fourth-order valence-electron chi connectivity index (χ4n) is 3.00. The second-order valence-corrected chi connectivity index (χ2v) is 6.36. The second-order valence-electron chi connectivity index (χ2n) is 6.36. The van der Waals surface area contributed by atoms with Gasteiger partial charge in [0.25, 0.3) is 0 Å². The molecule has 1 aliphatic heterocycles. The Morgan fingerprint density at radius 2 is 2.27 bits per heavy atom. The summed E-state index contributed by atoms with van der Waals surface area (Å²) in [4.78, 5) is 14.1. The minimum atomic E-state index is -0.483. The first-order valence-electron chi connectivity index (χ1n) is 7.40. The molecule has 1 heterocycles. The third kappa shape index (κ3) is 3.22. The molecule has 1 atom stereocenters. The highest BCUT2D eigenvalue weighted by Gasteiger charge is 2.39. The standard InChI is InChI=1S/C17H21FN2O2/c1-17(2)7-4-8-20(15(17)11-19)16(21)10-12-5-6-14(22-3)13(18)9-12/h5-6,9,15H,4,7-8,10H2,1-3H3/t15-/m1/s1. The Bertz CT molecular complexity index is 607. The Morgan fingerprint density at radius 1 is 1.55 bits per heavy atom. The van der Waals surface area contributed by atoms with Crippen LogP contribution in [0.5, 0.6) is 5.75 Å². The van der Waals surface area contributed by atoms with Crippen molar-refractivity contribution < 1.29 is 13.9 Å². The van der Waals surface area contributed by atoms with Crippen LogP contribution < -0.4 is 4.74 Å². The molecular formula is C17H21FN2O2. The number of nitriles is 1. The number of piperidine rings is 1. The fraction of sp³-hybridized carbons (Fsp3) is 0.529. The number of methoxy groups -OCH3 is 1. The van der Waals surface area contributed by atoms with Crippen LogP contribution in [-0.2, 0) is 11.2 Å². The van der Waals surface area contributed by atoms with Crippen LogP contribution in [0.4, 0.5) is 4.39 Å². The van der Waals surface area contributed by atoms with Gasteiger partial charge in [0.05, 0.1) is 19.6 Å². The van der Waals surface area contributed by atoms with Gasteiger partial charge >= 0.3 is 0 Å². The van der Waals surface area contributed by atoms with Gasteiger partial charge in [-0.1, -0.05) is 19.9 Å². The summed E-state index contributed by atoms with van der Waals surface area (Å²) in [6, 6.07) is 6.32. The maximum absolute atomic E-state index is 13.7. The van der Waals surface area contributed by atoms with E-state index in [0.29, 0.717) is 12.1 Å². The lowest BCUT2D eigenvalue weighted by molar-refractivity contribution is -0.135. The van der Waals surface area contributed by atoms with Crippen LogP contribution in [0.25, 0.3) is 0 Å². The second kappa shape index (κ2) is 6.35. The van der Waals surface area contributed by atoms with Gasteiger partial charge in [0, 0.05) is 6.54 Å². The maximum Gasteiger partial charge on any atom is 0.228 e. The number of carbonyl (C=O) groups excluding carboxylic acids is 1. The third-order valence-electron chi connectivity index (χ3n) is 4.29. The van der Waals surface area contributed by atoms with Crippen molar-refractivity contribution in [2.45, 2.75) is 39.2 Å². The van der Waals surface area contributed by atoms with Crippen molar-refractivity contribution >= 4 is 5.91 Å². The summed E-state index contributed by atoms with van der Waals surface area (Å²) >= 11 is 0. The number of benzene rings is 1. The Kier molecular flexibility index (Phi) is 4.70. The van der Waals surface area contributed by atoms with E-state index < -0.39 is 11.9 Å². The van der Waals surface area contributed by atoms with Gasteiger partial charge in [0.1, 0.15) is 6.04 Å². The monoisotopic (exact) mass is 304 g/mol. The summed E-state index contributed by atoms with van der Waals surface area (Å²) in [6.45, 7) is 4.60. The topological polar surface area (TPSA) is 53.3 Å². The highest BCUT2D eigenvalue weighted by atomic mass is 19.1. The van der Waals surface area contributed by atoms with Crippen LogP contribution in [0.2, 0.25) is 0 Å². The lowest BCUT2D eigenvalue weighted by Gasteiger charge is -2.42. The molecule has 0 radical (unpaired) electrons. The SMILES string of the molecule is COc1ccc(CC(=O)N2CCCC(C)(C)[C@H]2C#N)cc1F. The normalized spacial score (nSPS) is 20.3. The van der Waals surface area contributed by atoms with E-state index >= 15 is 0 Å². The largest absolute Gasteiger partial charge is 0.494 e. The third-order valence-corrected chi connectivity index (χ3v) is 4.29. The smallest absolute Gasteiger partial charge is 0.228 e. The van der Waals surface area contributed by atoms with Gasteiger partial charge in [-0.3, -0.25) is 4.79 Å². The molecule has 0 aromatic heterocycles. The predicted molar refractivity (Wildman–Crippen MR) is 80.8 cm³/mol.